The molecule has 0 unspecified atom stereocenters. The number of aryl methyl sites for hydroxylation is 1. The van der Waals surface area contributed by atoms with Gasteiger partial charge in [-0.05, 0) is 37.3 Å². The first kappa shape index (κ1) is 22.3. The van der Waals surface area contributed by atoms with Gasteiger partial charge in [-0.3, -0.25) is 4.79 Å². The standard InChI is InChI=1S/C23H37NO2/c1-2-3-4-5-6-7-8-9-10-14-19-22(23(24)25)26-20-15-18-21-16-12-11-13-17-21/h11-13,16-17,19H,2-10,14-15,18,20H2,1H3,(H2,24,25)/b22-19-. The van der Waals surface area contributed by atoms with Crippen LogP contribution in [-0.4, -0.2) is 12.5 Å². The van der Waals surface area contributed by atoms with Crippen LogP contribution in [0.5, 0.6) is 0 Å². The van der Waals surface area contributed by atoms with Gasteiger partial charge < -0.3 is 10.5 Å². The van der Waals surface area contributed by atoms with Crippen LogP contribution in [0.2, 0.25) is 0 Å². The van der Waals surface area contributed by atoms with Crippen molar-refractivity contribution in [1.29, 1.82) is 0 Å². The third kappa shape index (κ3) is 11.7. The number of hydrogen-bond acceptors (Lipinski definition) is 2. The number of benzene rings is 1. The van der Waals surface area contributed by atoms with E-state index in [4.69, 9.17) is 10.5 Å². The van der Waals surface area contributed by atoms with Crippen LogP contribution >= 0.6 is 0 Å². The Labute approximate surface area is 160 Å². The van der Waals surface area contributed by atoms with Crippen molar-refractivity contribution in [3.05, 3.63) is 47.7 Å². The Balaban J connectivity index is 2.08. The van der Waals surface area contributed by atoms with E-state index in [1.807, 2.05) is 24.3 Å². The van der Waals surface area contributed by atoms with Crippen molar-refractivity contribution in [1.82, 2.24) is 0 Å². The molecule has 0 spiro atoms. The van der Waals surface area contributed by atoms with Crippen LogP contribution in [0, 0.1) is 0 Å². The third-order valence-corrected chi connectivity index (χ3v) is 4.59. The third-order valence-electron chi connectivity index (χ3n) is 4.59. The van der Waals surface area contributed by atoms with Gasteiger partial charge in [0.25, 0.3) is 5.91 Å². The van der Waals surface area contributed by atoms with Gasteiger partial charge in [-0.1, -0.05) is 88.6 Å². The summed E-state index contributed by atoms with van der Waals surface area (Å²) in [6, 6.07) is 10.3. The molecule has 2 N–H and O–H groups in total. The molecular formula is C23H37NO2. The average molecular weight is 360 g/mol. The van der Waals surface area contributed by atoms with Crippen LogP contribution in [-0.2, 0) is 16.0 Å². The lowest BCUT2D eigenvalue weighted by Gasteiger charge is -2.08. The molecule has 0 heterocycles. The van der Waals surface area contributed by atoms with Crippen LogP contribution in [0.3, 0.4) is 0 Å². The summed E-state index contributed by atoms with van der Waals surface area (Å²) in [7, 11) is 0. The molecule has 26 heavy (non-hydrogen) atoms. The maximum atomic E-state index is 11.5. The van der Waals surface area contributed by atoms with E-state index in [0.29, 0.717) is 12.4 Å². The molecule has 0 aliphatic rings. The molecule has 1 aromatic rings. The first-order valence-corrected chi connectivity index (χ1v) is 10.4. The van der Waals surface area contributed by atoms with Crippen LogP contribution < -0.4 is 5.73 Å². The Hall–Kier alpha value is -1.77. The molecule has 0 saturated heterocycles. The van der Waals surface area contributed by atoms with Gasteiger partial charge in [0.2, 0.25) is 0 Å². The molecule has 0 aliphatic carbocycles. The van der Waals surface area contributed by atoms with E-state index in [0.717, 1.165) is 25.7 Å². The molecule has 1 amide bonds. The zero-order valence-corrected chi connectivity index (χ0v) is 16.6. The number of ether oxygens (including phenoxy) is 1. The molecule has 0 aliphatic heterocycles. The summed E-state index contributed by atoms with van der Waals surface area (Å²) < 4.78 is 5.59. The Bertz CT molecular complexity index is 496. The predicted molar refractivity (Wildman–Crippen MR) is 110 cm³/mol. The summed E-state index contributed by atoms with van der Waals surface area (Å²) in [5.74, 6) is -0.127. The monoisotopic (exact) mass is 359 g/mol. The summed E-state index contributed by atoms with van der Waals surface area (Å²) in [5.41, 5.74) is 6.71. The highest BCUT2D eigenvalue weighted by atomic mass is 16.5. The molecule has 0 aromatic heterocycles. The van der Waals surface area contributed by atoms with E-state index in [-0.39, 0.29) is 0 Å². The molecule has 1 rings (SSSR count). The zero-order valence-electron chi connectivity index (χ0n) is 16.6. The van der Waals surface area contributed by atoms with Crippen LogP contribution in [0.15, 0.2) is 42.2 Å². The average Bonchev–Trinajstić information content (AvgIpc) is 2.65. The normalized spacial score (nSPS) is 11.5. The molecule has 0 saturated carbocycles. The lowest BCUT2D eigenvalue weighted by atomic mass is 10.1. The maximum absolute atomic E-state index is 11.5. The molecule has 0 bridgehead atoms. The largest absolute Gasteiger partial charge is 0.488 e. The Morgan fingerprint density at radius 3 is 2.15 bits per heavy atom. The van der Waals surface area contributed by atoms with Crippen molar-refractivity contribution < 1.29 is 9.53 Å². The van der Waals surface area contributed by atoms with E-state index in [9.17, 15) is 4.79 Å². The molecule has 1 aromatic carbocycles. The van der Waals surface area contributed by atoms with Crippen LogP contribution in [0.1, 0.15) is 83.1 Å². The molecule has 0 radical (unpaired) electrons. The number of unbranched alkanes of at least 4 members (excludes halogenated alkanes) is 9. The van der Waals surface area contributed by atoms with Gasteiger partial charge in [-0.2, -0.15) is 0 Å². The van der Waals surface area contributed by atoms with E-state index < -0.39 is 5.91 Å². The van der Waals surface area contributed by atoms with Gasteiger partial charge in [-0.15, -0.1) is 0 Å². The Kier molecular flexibility index (Phi) is 13.3. The number of hydrogen-bond donors (Lipinski definition) is 1. The Morgan fingerprint density at radius 2 is 1.54 bits per heavy atom. The van der Waals surface area contributed by atoms with Crippen LogP contribution in [0.4, 0.5) is 0 Å². The van der Waals surface area contributed by atoms with E-state index >= 15 is 0 Å². The number of carbonyl (C=O) groups is 1. The van der Waals surface area contributed by atoms with Crippen molar-refractivity contribution in [2.24, 2.45) is 5.73 Å². The lowest BCUT2D eigenvalue weighted by molar-refractivity contribution is -0.117. The van der Waals surface area contributed by atoms with Gasteiger partial charge in [0, 0.05) is 0 Å². The lowest BCUT2D eigenvalue weighted by Crippen LogP contribution is -2.17. The highest BCUT2D eigenvalue weighted by molar-refractivity contribution is 5.89. The molecule has 3 heteroatoms. The van der Waals surface area contributed by atoms with Gasteiger partial charge in [-0.25, -0.2) is 0 Å². The molecular weight excluding hydrogens is 322 g/mol. The topological polar surface area (TPSA) is 52.3 Å². The SMILES string of the molecule is CCCCCCCCCCC/C=C(\OCCCc1ccccc1)C(N)=O. The predicted octanol–water partition coefficient (Wildman–Crippen LogP) is 5.93. The second-order valence-electron chi connectivity index (χ2n) is 6.99. The highest BCUT2D eigenvalue weighted by Gasteiger charge is 2.05. The molecule has 3 nitrogen and oxygen atoms in total. The summed E-state index contributed by atoms with van der Waals surface area (Å²) in [4.78, 5) is 11.5. The van der Waals surface area contributed by atoms with Gasteiger partial charge in [0.1, 0.15) is 0 Å². The van der Waals surface area contributed by atoms with Crippen molar-refractivity contribution >= 4 is 5.91 Å². The second-order valence-corrected chi connectivity index (χ2v) is 6.99. The fourth-order valence-electron chi connectivity index (χ4n) is 3.02. The molecule has 0 fully saturated rings. The first-order valence-electron chi connectivity index (χ1n) is 10.4. The van der Waals surface area contributed by atoms with Crippen molar-refractivity contribution in [3.8, 4) is 0 Å². The van der Waals surface area contributed by atoms with Crippen molar-refractivity contribution in [2.75, 3.05) is 6.61 Å². The number of nitrogens with two attached hydrogens (primary N) is 1. The minimum Gasteiger partial charge on any atom is -0.488 e. The minimum atomic E-state index is -0.458. The highest BCUT2D eigenvalue weighted by Crippen LogP contribution is 2.12. The quantitative estimate of drug-likeness (QED) is 0.226. The second kappa shape index (κ2) is 15.5. The number of primary amides is 1. The van der Waals surface area contributed by atoms with Crippen LogP contribution in [0.25, 0.3) is 0 Å². The number of amides is 1. The fraction of sp³-hybridized carbons (Fsp3) is 0.609. The van der Waals surface area contributed by atoms with Gasteiger partial charge >= 0.3 is 0 Å². The summed E-state index contributed by atoms with van der Waals surface area (Å²) in [6.07, 6.45) is 16.3. The molecule has 0 atom stereocenters. The van der Waals surface area contributed by atoms with E-state index in [1.165, 1.54) is 56.9 Å². The summed E-state index contributed by atoms with van der Waals surface area (Å²) in [5, 5.41) is 0. The van der Waals surface area contributed by atoms with Gasteiger partial charge in [0.15, 0.2) is 5.76 Å². The summed E-state index contributed by atoms with van der Waals surface area (Å²) >= 11 is 0. The van der Waals surface area contributed by atoms with Crippen molar-refractivity contribution in [2.45, 2.75) is 84.0 Å². The van der Waals surface area contributed by atoms with E-state index in [2.05, 4.69) is 19.1 Å². The first-order chi connectivity index (χ1) is 12.7. The zero-order chi connectivity index (χ0) is 18.9. The Morgan fingerprint density at radius 1 is 0.923 bits per heavy atom. The number of carbonyl (C=O) groups excluding carboxylic acids is 1. The van der Waals surface area contributed by atoms with Crippen molar-refractivity contribution in [3.63, 3.8) is 0 Å². The number of allylic oxidation sites excluding steroid dienone is 1. The molecule has 146 valence electrons. The van der Waals surface area contributed by atoms with Gasteiger partial charge in [0.05, 0.1) is 6.61 Å². The smallest absolute Gasteiger partial charge is 0.283 e. The number of rotatable bonds is 16. The maximum Gasteiger partial charge on any atom is 0.283 e. The fourth-order valence-corrected chi connectivity index (χ4v) is 3.02. The van der Waals surface area contributed by atoms with E-state index in [1.54, 1.807) is 0 Å². The summed E-state index contributed by atoms with van der Waals surface area (Å²) in [6.45, 7) is 2.78. The minimum absolute atomic E-state index is 0.331.